The molecular formula is C14H10ClNO3. The van der Waals surface area contributed by atoms with E-state index in [1.807, 2.05) is 0 Å². The lowest BCUT2D eigenvalue weighted by molar-refractivity contribution is -0.110. The third-order valence-electron chi connectivity index (χ3n) is 2.46. The Bertz CT molecular complexity index is 629. The maximum Gasteiger partial charge on any atom is 0.365 e. The number of carbonyl (C=O) groups is 2. The molecule has 1 aliphatic carbocycles. The minimum Gasteiger partial charge on any atom is -0.312 e. The molecule has 0 saturated carbocycles. The SMILES string of the molecule is CC1=CC(=O)C=C/C1=N\OC(=O)c1cccc(Cl)c1. The van der Waals surface area contributed by atoms with Crippen molar-refractivity contribution in [2.45, 2.75) is 6.92 Å². The number of allylic oxidation sites excluding steroid dienone is 4. The van der Waals surface area contributed by atoms with Gasteiger partial charge in [-0.25, -0.2) is 4.79 Å². The molecule has 0 aromatic heterocycles. The highest BCUT2D eigenvalue weighted by molar-refractivity contribution is 6.30. The molecule has 0 bridgehead atoms. The molecule has 0 N–H and O–H groups in total. The Morgan fingerprint density at radius 3 is 2.79 bits per heavy atom. The van der Waals surface area contributed by atoms with Gasteiger partial charge in [0.1, 0.15) is 5.71 Å². The lowest BCUT2D eigenvalue weighted by Crippen LogP contribution is -2.08. The van der Waals surface area contributed by atoms with Crippen LogP contribution in [0.3, 0.4) is 0 Å². The van der Waals surface area contributed by atoms with E-state index in [0.29, 0.717) is 21.9 Å². The molecule has 2 rings (SSSR count). The first-order chi connectivity index (χ1) is 9.06. The second-order valence-corrected chi connectivity index (χ2v) is 4.37. The summed E-state index contributed by atoms with van der Waals surface area (Å²) in [6.07, 6.45) is 4.29. The van der Waals surface area contributed by atoms with Crippen LogP contribution in [0.5, 0.6) is 0 Å². The van der Waals surface area contributed by atoms with E-state index in [2.05, 4.69) is 5.16 Å². The van der Waals surface area contributed by atoms with Gasteiger partial charge in [0.15, 0.2) is 5.78 Å². The van der Waals surface area contributed by atoms with Crippen LogP contribution in [0.15, 0.2) is 53.2 Å². The third kappa shape index (κ3) is 3.39. The average molecular weight is 276 g/mol. The fourth-order valence-electron chi connectivity index (χ4n) is 1.49. The smallest absolute Gasteiger partial charge is 0.312 e. The van der Waals surface area contributed by atoms with Crippen LogP contribution in [0, 0.1) is 0 Å². The van der Waals surface area contributed by atoms with Crippen molar-refractivity contribution in [3.05, 3.63) is 58.7 Å². The van der Waals surface area contributed by atoms with E-state index in [4.69, 9.17) is 16.4 Å². The van der Waals surface area contributed by atoms with Gasteiger partial charge in [-0.2, -0.15) is 0 Å². The van der Waals surface area contributed by atoms with Crippen LogP contribution in [-0.4, -0.2) is 17.5 Å². The van der Waals surface area contributed by atoms with Crippen molar-refractivity contribution in [1.82, 2.24) is 0 Å². The van der Waals surface area contributed by atoms with E-state index < -0.39 is 5.97 Å². The topological polar surface area (TPSA) is 55.7 Å². The summed E-state index contributed by atoms with van der Waals surface area (Å²) in [6.45, 7) is 1.72. The molecule has 96 valence electrons. The zero-order chi connectivity index (χ0) is 13.8. The summed E-state index contributed by atoms with van der Waals surface area (Å²) in [5.74, 6) is -0.717. The second-order valence-electron chi connectivity index (χ2n) is 3.93. The Morgan fingerprint density at radius 1 is 1.32 bits per heavy atom. The first kappa shape index (κ1) is 13.2. The summed E-state index contributed by atoms with van der Waals surface area (Å²) >= 11 is 5.78. The van der Waals surface area contributed by atoms with E-state index in [-0.39, 0.29) is 5.78 Å². The number of rotatable bonds is 2. The summed E-state index contributed by atoms with van der Waals surface area (Å²) in [6, 6.07) is 6.38. The van der Waals surface area contributed by atoms with Gasteiger partial charge in [-0.1, -0.05) is 22.8 Å². The van der Waals surface area contributed by atoms with Crippen molar-refractivity contribution in [2.24, 2.45) is 5.16 Å². The first-order valence-corrected chi connectivity index (χ1v) is 5.89. The molecule has 0 heterocycles. The van der Waals surface area contributed by atoms with Gasteiger partial charge >= 0.3 is 5.97 Å². The highest BCUT2D eigenvalue weighted by atomic mass is 35.5. The van der Waals surface area contributed by atoms with Crippen molar-refractivity contribution < 1.29 is 14.4 Å². The Labute approximate surface area is 115 Å². The summed E-state index contributed by atoms with van der Waals surface area (Å²) in [5, 5.41) is 4.17. The van der Waals surface area contributed by atoms with Crippen LogP contribution in [0.25, 0.3) is 0 Å². The van der Waals surface area contributed by atoms with E-state index >= 15 is 0 Å². The molecule has 0 fully saturated rings. The van der Waals surface area contributed by atoms with Crippen molar-refractivity contribution in [3.8, 4) is 0 Å². The minimum absolute atomic E-state index is 0.113. The van der Waals surface area contributed by atoms with Crippen LogP contribution in [0.1, 0.15) is 17.3 Å². The van der Waals surface area contributed by atoms with Gasteiger partial charge in [-0.15, -0.1) is 0 Å². The Morgan fingerprint density at radius 2 is 2.11 bits per heavy atom. The molecule has 0 unspecified atom stereocenters. The predicted molar refractivity (Wildman–Crippen MR) is 72.2 cm³/mol. The monoisotopic (exact) mass is 275 g/mol. The number of ketones is 1. The van der Waals surface area contributed by atoms with E-state index in [0.717, 1.165) is 0 Å². The third-order valence-corrected chi connectivity index (χ3v) is 2.69. The van der Waals surface area contributed by atoms with Crippen molar-refractivity contribution >= 4 is 29.1 Å². The highest BCUT2D eigenvalue weighted by Gasteiger charge is 2.11. The van der Waals surface area contributed by atoms with Crippen LogP contribution in [0.2, 0.25) is 5.02 Å². The van der Waals surface area contributed by atoms with Gasteiger partial charge in [0.25, 0.3) is 0 Å². The predicted octanol–water partition coefficient (Wildman–Crippen LogP) is 2.94. The number of halogens is 1. The van der Waals surface area contributed by atoms with Crippen molar-refractivity contribution in [3.63, 3.8) is 0 Å². The van der Waals surface area contributed by atoms with Crippen LogP contribution in [0.4, 0.5) is 0 Å². The highest BCUT2D eigenvalue weighted by Crippen LogP contribution is 2.12. The van der Waals surface area contributed by atoms with Gasteiger partial charge < -0.3 is 4.84 Å². The number of oxime groups is 1. The van der Waals surface area contributed by atoms with E-state index in [1.54, 1.807) is 25.1 Å². The lowest BCUT2D eigenvalue weighted by Gasteiger charge is -2.05. The molecular weight excluding hydrogens is 266 g/mol. The lowest BCUT2D eigenvalue weighted by atomic mass is 10.1. The molecule has 0 amide bonds. The molecule has 0 aliphatic heterocycles. The molecule has 1 aromatic carbocycles. The summed E-state index contributed by atoms with van der Waals surface area (Å²) in [7, 11) is 0. The van der Waals surface area contributed by atoms with Gasteiger partial charge in [0.2, 0.25) is 0 Å². The fraction of sp³-hybridized carbons (Fsp3) is 0.0714. The van der Waals surface area contributed by atoms with Crippen LogP contribution < -0.4 is 0 Å². The fourth-order valence-corrected chi connectivity index (χ4v) is 1.68. The van der Waals surface area contributed by atoms with Gasteiger partial charge in [-0.3, -0.25) is 4.79 Å². The Hall–Kier alpha value is -2.20. The summed E-state index contributed by atoms with van der Waals surface area (Å²) < 4.78 is 0. The number of carbonyl (C=O) groups excluding carboxylic acids is 2. The molecule has 0 radical (unpaired) electrons. The molecule has 0 atom stereocenters. The van der Waals surface area contributed by atoms with Crippen LogP contribution in [-0.2, 0) is 9.63 Å². The summed E-state index contributed by atoms with van der Waals surface area (Å²) in [5.41, 5.74) is 1.40. The van der Waals surface area contributed by atoms with Crippen LogP contribution >= 0.6 is 11.6 Å². The second kappa shape index (κ2) is 5.63. The Balaban J connectivity index is 2.11. The average Bonchev–Trinajstić information content (AvgIpc) is 2.37. The van der Waals surface area contributed by atoms with Crippen molar-refractivity contribution in [2.75, 3.05) is 0 Å². The first-order valence-electron chi connectivity index (χ1n) is 5.52. The summed E-state index contributed by atoms with van der Waals surface area (Å²) in [4.78, 5) is 27.6. The van der Waals surface area contributed by atoms with E-state index in [9.17, 15) is 9.59 Å². The van der Waals surface area contributed by atoms with E-state index in [1.165, 1.54) is 24.3 Å². The molecule has 4 nitrogen and oxygen atoms in total. The Kier molecular flexibility index (Phi) is 3.92. The zero-order valence-corrected chi connectivity index (χ0v) is 10.8. The van der Waals surface area contributed by atoms with Gasteiger partial charge in [0.05, 0.1) is 5.56 Å². The number of benzene rings is 1. The quantitative estimate of drug-likeness (QED) is 0.474. The molecule has 1 aromatic rings. The number of nitrogens with zero attached hydrogens (tertiary/aromatic N) is 1. The molecule has 1 aliphatic rings. The molecule has 19 heavy (non-hydrogen) atoms. The maximum absolute atomic E-state index is 11.7. The maximum atomic E-state index is 11.7. The number of hydrogen-bond acceptors (Lipinski definition) is 4. The molecule has 5 heteroatoms. The molecule has 0 saturated heterocycles. The number of hydrogen-bond donors (Lipinski definition) is 0. The van der Waals surface area contributed by atoms with Gasteiger partial charge in [-0.05, 0) is 48.9 Å². The minimum atomic E-state index is -0.604. The molecule has 0 spiro atoms. The van der Waals surface area contributed by atoms with Crippen molar-refractivity contribution in [1.29, 1.82) is 0 Å². The standard InChI is InChI=1S/C14H10ClNO3/c1-9-7-12(17)5-6-13(9)16-19-14(18)10-3-2-4-11(15)8-10/h2-8H,1H3/b16-13+. The zero-order valence-electron chi connectivity index (χ0n) is 10.1. The van der Waals surface area contributed by atoms with Gasteiger partial charge in [0, 0.05) is 5.02 Å². The largest absolute Gasteiger partial charge is 0.365 e. The normalized spacial score (nSPS) is 16.4.